The van der Waals surface area contributed by atoms with Crippen LogP contribution in [0.5, 0.6) is 0 Å². The average Bonchev–Trinajstić information content (AvgIpc) is 2.47. The van der Waals surface area contributed by atoms with Gasteiger partial charge in [0.25, 0.3) is 0 Å². The minimum Gasteiger partial charge on any atom is -0.403 e. The predicted molar refractivity (Wildman–Crippen MR) is 109 cm³/mol. The van der Waals surface area contributed by atoms with E-state index >= 15 is 0 Å². The summed E-state index contributed by atoms with van der Waals surface area (Å²) < 4.78 is 0. The quantitative estimate of drug-likeness (QED) is 0.618. The summed E-state index contributed by atoms with van der Waals surface area (Å²) >= 11 is 0. The zero-order valence-electron chi connectivity index (χ0n) is 15.9. The van der Waals surface area contributed by atoms with E-state index in [0.717, 1.165) is 6.42 Å². The van der Waals surface area contributed by atoms with Crippen LogP contribution >= 0.6 is 0 Å². The largest absolute Gasteiger partial charge is 0.403 e. The van der Waals surface area contributed by atoms with E-state index in [1.54, 1.807) is 13.0 Å². The number of nitrogens with two attached hydrogens (primary N) is 1. The normalized spacial score (nSPS) is 10.2. The van der Waals surface area contributed by atoms with Crippen molar-refractivity contribution >= 4 is 5.57 Å². The van der Waals surface area contributed by atoms with E-state index in [-0.39, 0.29) is 6.15 Å². The van der Waals surface area contributed by atoms with E-state index in [0.29, 0.717) is 5.70 Å². The first-order valence-electron chi connectivity index (χ1n) is 7.68. The maximum atomic E-state index is 4.92. The van der Waals surface area contributed by atoms with Gasteiger partial charge in [-0.1, -0.05) is 73.7 Å². The molecule has 1 rings (SSSR count). The van der Waals surface area contributed by atoms with E-state index in [1.807, 2.05) is 19.1 Å². The lowest BCUT2D eigenvalue weighted by atomic mass is 10.0. The molecule has 0 amide bonds. The predicted octanol–water partition coefficient (Wildman–Crippen LogP) is 6.59. The van der Waals surface area contributed by atoms with Crippen LogP contribution in [0, 0.1) is 6.92 Å². The molecule has 2 nitrogen and oxygen atoms in total. The summed E-state index contributed by atoms with van der Waals surface area (Å²) in [5.74, 6) is 0. The van der Waals surface area contributed by atoms with E-state index in [1.165, 1.54) is 22.3 Å². The molecule has 5 N–H and O–H groups in total. The Labute approximate surface area is 144 Å². The Hall–Kier alpha value is -2.06. The van der Waals surface area contributed by atoms with Gasteiger partial charge in [-0.05, 0) is 57.9 Å². The van der Waals surface area contributed by atoms with Crippen molar-refractivity contribution in [2.45, 2.75) is 48.0 Å². The van der Waals surface area contributed by atoms with Crippen LogP contribution in [0.15, 0.2) is 66.9 Å². The van der Waals surface area contributed by atoms with Crippen molar-refractivity contribution < 1.29 is 0 Å². The summed E-state index contributed by atoms with van der Waals surface area (Å²) in [6.45, 7) is 19.2. The Kier molecular flexibility index (Phi) is 18.3. The highest BCUT2D eigenvalue weighted by Crippen LogP contribution is 2.19. The van der Waals surface area contributed by atoms with Crippen LogP contribution in [0.2, 0.25) is 0 Å². The Bertz CT molecular complexity index is 487. The fraction of sp³-hybridized carbons (Fsp3) is 0.333. The zero-order valence-corrected chi connectivity index (χ0v) is 15.9. The van der Waals surface area contributed by atoms with Crippen LogP contribution in [0.25, 0.3) is 5.57 Å². The second-order valence-corrected chi connectivity index (χ2v) is 5.23. The van der Waals surface area contributed by atoms with Gasteiger partial charge in [-0.2, -0.15) is 0 Å². The van der Waals surface area contributed by atoms with Crippen LogP contribution in [-0.2, 0) is 0 Å². The summed E-state index contributed by atoms with van der Waals surface area (Å²) in [6.07, 6.45) is 6.71. The van der Waals surface area contributed by atoms with Crippen molar-refractivity contribution in [2.24, 2.45) is 5.73 Å². The van der Waals surface area contributed by atoms with Crippen LogP contribution in [-0.4, -0.2) is 0 Å². The fourth-order valence-electron chi connectivity index (χ4n) is 1.45. The van der Waals surface area contributed by atoms with Gasteiger partial charge in [0.1, 0.15) is 0 Å². The number of hydrogen-bond acceptors (Lipinski definition) is 2. The number of allylic oxidation sites excluding steroid dienone is 6. The second kappa shape index (κ2) is 16.3. The number of rotatable bonds is 3. The maximum Gasteiger partial charge on any atom is -0.00242 e. The molecule has 0 atom stereocenters. The lowest BCUT2D eigenvalue weighted by Crippen LogP contribution is -1.84. The van der Waals surface area contributed by atoms with Gasteiger partial charge in [-0.3, -0.25) is 0 Å². The molecule has 0 aromatic heterocycles. The van der Waals surface area contributed by atoms with Crippen LogP contribution in [0.1, 0.15) is 52.2 Å². The van der Waals surface area contributed by atoms with E-state index in [9.17, 15) is 0 Å². The Morgan fingerprint density at radius 1 is 1.13 bits per heavy atom. The number of benzene rings is 1. The Morgan fingerprint density at radius 2 is 1.57 bits per heavy atom. The first kappa shape index (κ1) is 25.9. The SMILES string of the molecule is C=C(C)N.C=C/C=C\C.CC/C(C)=C(/C)c1ccc(C)cc1.N. The third-order valence-electron chi connectivity index (χ3n) is 2.98. The summed E-state index contributed by atoms with van der Waals surface area (Å²) in [6, 6.07) is 8.73. The molecule has 130 valence electrons. The van der Waals surface area contributed by atoms with E-state index < -0.39 is 0 Å². The first-order chi connectivity index (χ1) is 10.3. The van der Waals surface area contributed by atoms with Crippen LogP contribution < -0.4 is 11.9 Å². The second-order valence-electron chi connectivity index (χ2n) is 5.23. The molecule has 0 saturated heterocycles. The van der Waals surface area contributed by atoms with Gasteiger partial charge in [0.05, 0.1) is 0 Å². The molecule has 0 radical (unpaired) electrons. The van der Waals surface area contributed by atoms with Crippen molar-refractivity contribution in [3.63, 3.8) is 0 Å². The van der Waals surface area contributed by atoms with Gasteiger partial charge in [-0.15, -0.1) is 0 Å². The minimum absolute atomic E-state index is 0. The minimum atomic E-state index is 0. The van der Waals surface area contributed by atoms with Gasteiger partial charge in [0, 0.05) is 0 Å². The molecular formula is C21H36N2. The smallest absolute Gasteiger partial charge is 0.00242 e. The fourth-order valence-corrected chi connectivity index (χ4v) is 1.45. The molecular weight excluding hydrogens is 280 g/mol. The van der Waals surface area contributed by atoms with Crippen LogP contribution in [0.4, 0.5) is 0 Å². The van der Waals surface area contributed by atoms with E-state index in [2.05, 4.69) is 65.1 Å². The monoisotopic (exact) mass is 316 g/mol. The van der Waals surface area contributed by atoms with Crippen molar-refractivity contribution in [1.82, 2.24) is 6.15 Å². The molecule has 1 aromatic rings. The van der Waals surface area contributed by atoms with Crippen molar-refractivity contribution in [2.75, 3.05) is 0 Å². The highest BCUT2D eigenvalue weighted by atomic mass is 14.5. The topological polar surface area (TPSA) is 61.0 Å². The van der Waals surface area contributed by atoms with Crippen LogP contribution in [0.3, 0.4) is 0 Å². The lowest BCUT2D eigenvalue weighted by Gasteiger charge is -2.06. The van der Waals surface area contributed by atoms with E-state index in [4.69, 9.17) is 5.73 Å². The van der Waals surface area contributed by atoms with Gasteiger partial charge in [-0.25, -0.2) is 0 Å². The van der Waals surface area contributed by atoms with Gasteiger partial charge >= 0.3 is 0 Å². The third-order valence-corrected chi connectivity index (χ3v) is 2.98. The zero-order chi connectivity index (χ0) is 17.5. The molecule has 0 aliphatic carbocycles. The highest BCUT2D eigenvalue weighted by Gasteiger charge is 1.97. The van der Waals surface area contributed by atoms with Crippen molar-refractivity contribution in [1.29, 1.82) is 0 Å². The summed E-state index contributed by atoms with van der Waals surface area (Å²) in [4.78, 5) is 0. The summed E-state index contributed by atoms with van der Waals surface area (Å²) in [7, 11) is 0. The molecule has 1 aromatic carbocycles. The Morgan fingerprint density at radius 3 is 1.83 bits per heavy atom. The van der Waals surface area contributed by atoms with Crippen molar-refractivity contribution in [3.05, 3.63) is 78.0 Å². The third kappa shape index (κ3) is 16.1. The van der Waals surface area contributed by atoms with Gasteiger partial charge in [0.15, 0.2) is 0 Å². The maximum absolute atomic E-state index is 4.92. The summed E-state index contributed by atoms with van der Waals surface area (Å²) in [5.41, 5.74) is 11.2. The molecule has 0 fully saturated rings. The molecule has 0 saturated carbocycles. The number of aryl methyl sites for hydroxylation is 1. The molecule has 0 unspecified atom stereocenters. The molecule has 2 heteroatoms. The first-order valence-corrected chi connectivity index (χ1v) is 7.68. The standard InChI is InChI=1S/C13H18.C5H8.C3H7N.H3N/c1-5-11(3)12(4)13-8-6-10(2)7-9-13;1-3-5-4-2;1-3(2)4;/h6-9H,5H2,1-4H3;3-5H,1H2,2H3;1,4H2,2H3;1H3/b12-11-;5-4-;;. The van der Waals surface area contributed by atoms with Gasteiger partial charge < -0.3 is 11.9 Å². The highest BCUT2D eigenvalue weighted by molar-refractivity contribution is 5.66. The molecule has 23 heavy (non-hydrogen) atoms. The summed E-state index contributed by atoms with van der Waals surface area (Å²) in [5, 5.41) is 0. The molecule has 0 aliphatic heterocycles. The van der Waals surface area contributed by atoms with Crippen molar-refractivity contribution in [3.8, 4) is 0 Å². The van der Waals surface area contributed by atoms with Gasteiger partial charge in [0.2, 0.25) is 0 Å². The molecule has 0 heterocycles. The average molecular weight is 317 g/mol. The number of hydrogen-bond donors (Lipinski definition) is 2. The molecule has 0 bridgehead atoms. The Balaban J connectivity index is -0.000000336. The lowest BCUT2D eigenvalue weighted by molar-refractivity contribution is 1.10. The molecule has 0 spiro atoms. The molecule has 0 aliphatic rings.